The Morgan fingerprint density at radius 1 is 1.62 bits per heavy atom. The molecule has 0 saturated heterocycles. The number of fused-ring (bicyclic) bond motifs is 1. The summed E-state index contributed by atoms with van der Waals surface area (Å²) in [4.78, 5) is 14.7. The summed E-state index contributed by atoms with van der Waals surface area (Å²) in [6, 6.07) is 5.52. The number of oxazole rings is 1. The van der Waals surface area contributed by atoms with Crippen LogP contribution >= 0.6 is 0 Å². The fourth-order valence-corrected chi connectivity index (χ4v) is 1.25. The number of aromatic nitrogens is 1. The van der Waals surface area contributed by atoms with Crippen molar-refractivity contribution in [2.45, 2.75) is 13.3 Å². The Morgan fingerprint density at radius 2 is 2.46 bits per heavy atom. The van der Waals surface area contributed by atoms with Crippen LogP contribution in [0.3, 0.4) is 0 Å². The quantitative estimate of drug-likeness (QED) is 0.696. The molecule has 1 aromatic heterocycles. The average molecular weight is 174 g/mol. The topological polar surface area (TPSA) is 43.1 Å². The first kappa shape index (κ1) is 7.98. The first-order valence-electron chi connectivity index (χ1n) is 4.00. The molecule has 0 amide bonds. The smallest absolute Gasteiger partial charge is 0.284 e. The summed E-state index contributed by atoms with van der Waals surface area (Å²) in [5, 5.41) is 0. The number of benzene rings is 1. The Bertz CT molecular complexity index is 445. The molecular formula is C10H8NO2. The lowest BCUT2D eigenvalue weighted by molar-refractivity contribution is -0.116. The molecule has 0 unspecified atom stereocenters. The van der Waals surface area contributed by atoms with Crippen LogP contribution in [0.5, 0.6) is 0 Å². The molecule has 2 aromatic rings. The molecule has 2 rings (SSSR count). The van der Waals surface area contributed by atoms with E-state index in [-0.39, 0.29) is 5.78 Å². The van der Waals surface area contributed by atoms with Gasteiger partial charge in [0.2, 0.25) is 0 Å². The number of hydrogen-bond acceptors (Lipinski definition) is 3. The van der Waals surface area contributed by atoms with Gasteiger partial charge in [0.1, 0.15) is 11.3 Å². The van der Waals surface area contributed by atoms with Crippen molar-refractivity contribution in [3.8, 4) is 0 Å². The number of carbonyl (C=O) groups is 1. The molecule has 0 aliphatic carbocycles. The van der Waals surface area contributed by atoms with Gasteiger partial charge in [0.25, 0.3) is 6.39 Å². The lowest BCUT2D eigenvalue weighted by Crippen LogP contribution is -1.95. The van der Waals surface area contributed by atoms with Crippen molar-refractivity contribution in [2.75, 3.05) is 0 Å². The third-order valence-electron chi connectivity index (χ3n) is 1.80. The van der Waals surface area contributed by atoms with Crippen molar-refractivity contribution < 1.29 is 9.21 Å². The summed E-state index contributed by atoms with van der Waals surface area (Å²) in [6.45, 7) is 1.57. The van der Waals surface area contributed by atoms with Crippen LogP contribution in [0.2, 0.25) is 0 Å². The van der Waals surface area contributed by atoms with Crippen molar-refractivity contribution >= 4 is 16.9 Å². The number of Topliss-reactive ketones (excluding diaryl/α,β-unsaturated/α-hetero) is 1. The number of carbonyl (C=O) groups excluding carboxylic acids is 1. The monoisotopic (exact) mass is 174 g/mol. The van der Waals surface area contributed by atoms with Crippen LogP contribution < -0.4 is 0 Å². The first-order valence-corrected chi connectivity index (χ1v) is 4.00. The Balaban J connectivity index is 2.42. The van der Waals surface area contributed by atoms with E-state index in [2.05, 4.69) is 11.4 Å². The maximum Gasteiger partial charge on any atom is 0.284 e. The van der Waals surface area contributed by atoms with Crippen LogP contribution in [0.1, 0.15) is 12.5 Å². The van der Waals surface area contributed by atoms with Gasteiger partial charge in [-0.2, -0.15) is 0 Å². The van der Waals surface area contributed by atoms with E-state index < -0.39 is 0 Å². The minimum atomic E-state index is 0.142. The van der Waals surface area contributed by atoms with Gasteiger partial charge in [-0.3, -0.25) is 4.79 Å². The highest BCUT2D eigenvalue weighted by atomic mass is 16.3. The van der Waals surface area contributed by atoms with E-state index in [0.717, 1.165) is 11.1 Å². The second-order valence-corrected chi connectivity index (χ2v) is 2.99. The zero-order valence-electron chi connectivity index (χ0n) is 7.20. The predicted molar refractivity (Wildman–Crippen MR) is 47.2 cm³/mol. The predicted octanol–water partition coefficient (Wildman–Crippen LogP) is 1.76. The average Bonchev–Trinajstić information content (AvgIpc) is 2.49. The van der Waals surface area contributed by atoms with Gasteiger partial charge >= 0.3 is 0 Å². The zero-order valence-corrected chi connectivity index (χ0v) is 7.20. The third-order valence-corrected chi connectivity index (χ3v) is 1.80. The number of rotatable bonds is 2. The molecule has 1 heterocycles. The molecule has 65 valence electrons. The standard InChI is InChI=1S/C10H8NO2/c1-7(12)4-8-2-3-9-10(5-8)13-6-11-9/h2-3,5H,4H2,1H3. The summed E-state index contributed by atoms with van der Waals surface area (Å²) in [5.41, 5.74) is 2.40. The summed E-state index contributed by atoms with van der Waals surface area (Å²) in [5.74, 6) is 0.142. The minimum absolute atomic E-state index is 0.142. The maximum atomic E-state index is 10.8. The summed E-state index contributed by atoms with van der Waals surface area (Å²) in [7, 11) is 0. The molecule has 1 radical (unpaired) electrons. The summed E-state index contributed by atoms with van der Waals surface area (Å²) >= 11 is 0. The van der Waals surface area contributed by atoms with Gasteiger partial charge in [-0.15, -0.1) is 0 Å². The van der Waals surface area contributed by atoms with Gasteiger partial charge in [0, 0.05) is 6.42 Å². The number of nitrogens with zero attached hydrogens (tertiary/aromatic N) is 1. The van der Waals surface area contributed by atoms with Gasteiger partial charge in [-0.1, -0.05) is 6.07 Å². The molecule has 0 aliphatic rings. The van der Waals surface area contributed by atoms with Gasteiger partial charge in [-0.25, -0.2) is 4.98 Å². The molecule has 0 bridgehead atoms. The third kappa shape index (κ3) is 1.59. The van der Waals surface area contributed by atoms with Gasteiger partial charge in [-0.05, 0) is 24.6 Å². The molecular weight excluding hydrogens is 166 g/mol. The van der Waals surface area contributed by atoms with E-state index in [9.17, 15) is 4.79 Å². The lowest BCUT2D eigenvalue weighted by atomic mass is 10.1. The van der Waals surface area contributed by atoms with E-state index in [1.165, 1.54) is 0 Å². The van der Waals surface area contributed by atoms with Crippen LogP contribution in [-0.2, 0) is 11.2 Å². The van der Waals surface area contributed by atoms with Crippen molar-refractivity contribution in [3.05, 3.63) is 30.2 Å². The lowest BCUT2D eigenvalue weighted by Gasteiger charge is -1.95. The molecule has 0 atom stereocenters. The van der Waals surface area contributed by atoms with E-state index in [1.807, 2.05) is 18.2 Å². The molecule has 13 heavy (non-hydrogen) atoms. The van der Waals surface area contributed by atoms with Crippen LogP contribution in [0.4, 0.5) is 0 Å². The molecule has 3 nitrogen and oxygen atoms in total. The maximum absolute atomic E-state index is 10.8. The number of hydrogen-bond donors (Lipinski definition) is 0. The van der Waals surface area contributed by atoms with E-state index >= 15 is 0 Å². The number of ketones is 1. The first-order chi connectivity index (χ1) is 6.25. The summed E-state index contributed by atoms with van der Waals surface area (Å²) < 4.78 is 4.99. The normalized spacial score (nSPS) is 10.5. The fourth-order valence-electron chi connectivity index (χ4n) is 1.25. The van der Waals surface area contributed by atoms with E-state index in [0.29, 0.717) is 12.0 Å². The Kier molecular flexibility index (Phi) is 1.85. The van der Waals surface area contributed by atoms with E-state index in [4.69, 9.17) is 4.42 Å². The summed E-state index contributed by atoms with van der Waals surface area (Å²) in [6.07, 6.45) is 2.85. The minimum Gasteiger partial charge on any atom is -0.432 e. The highest BCUT2D eigenvalue weighted by Gasteiger charge is 2.02. The van der Waals surface area contributed by atoms with Crippen LogP contribution in [-0.4, -0.2) is 10.8 Å². The molecule has 0 N–H and O–H groups in total. The van der Waals surface area contributed by atoms with Crippen molar-refractivity contribution in [1.29, 1.82) is 0 Å². The van der Waals surface area contributed by atoms with Crippen molar-refractivity contribution in [3.63, 3.8) is 0 Å². The highest BCUT2D eigenvalue weighted by Crippen LogP contribution is 2.14. The zero-order chi connectivity index (χ0) is 9.26. The van der Waals surface area contributed by atoms with Crippen molar-refractivity contribution in [2.24, 2.45) is 0 Å². The Hall–Kier alpha value is -1.64. The highest BCUT2D eigenvalue weighted by molar-refractivity contribution is 5.80. The van der Waals surface area contributed by atoms with Crippen LogP contribution in [0, 0.1) is 6.39 Å². The van der Waals surface area contributed by atoms with Crippen LogP contribution in [0.15, 0.2) is 22.6 Å². The van der Waals surface area contributed by atoms with Gasteiger partial charge in [0.05, 0.1) is 0 Å². The molecule has 1 aromatic carbocycles. The fraction of sp³-hybridized carbons (Fsp3) is 0.200. The van der Waals surface area contributed by atoms with E-state index in [1.54, 1.807) is 6.92 Å². The van der Waals surface area contributed by atoms with Crippen LogP contribution in [0.25, 0.3) is 11.1 Å². The molecule has 0 spiro atoms. The largest absolute Gasteiger partial charge is 0.432 e. The van der Waals surface area contributed by atoms with Crippen molar-refractivity contribution in [1.82, 2.24) is 4.98 Å². The SMILES string of the molecule is CC(=O)Cc1ccc2n[c]oc2c1. The second kappa shape index (κ2) is 3.01. The van der Waals surface area contributed by atoms with Gasteiger partial charge < -0.3 is 4.42 Å². The molecule has 0 aliphatic heterocycles. The molecule has 3 heteroatoms. The molecule has 0 saturated carbocycles. The van der Waals surface area contributed by atoms with Gasteiger partial charge in [0.15, 0.2) is 5.58 Å². The Morgan fingerprint density at radius 3 is 3.23 bits per heavy atom. The molecule has 0 fully saturated rings. The second-order valence-electron chi connectivity index (χ2n) is 2.99. The Labute approximate surface area is 75.4 Å².